The summed E-state index contributed by atoms with van der Waals surface area (Å²) < 4.78 is 31.4. The van der Waals surface area contributed by atoms with E-state index < -0.39 is 14.9 Å². The molecule has 1 N–H and O–H groups in total. The van der Waals surface area contributed by atoms with Crippen LogP contribution in [0.2, 0.25) is 0 Å². The second-order valence-electron chi connectivity index (χ2n) is 4.32. The molecule has 1 aromatic rings. The lowest BCUT2D eigenvalue weighted by molar-refractivity contribution is 0.397. The molecular weight excluding hydrogens is 224 g/mol. The molecule has 0 heterocycles. The first-order chi connectivity index (χ1) is 7.37. The molecule has 2 rings (SSSR count). The molecule has 0 fully saturated rings. The van der Waals surface area contributed by atoms with Crippen LogP contribution in [0.4, 0.5) is 0 Å². The Morgan fingerprint density at radius 1 is 1.31 bits per heavy atom. The molecule has 0 amide bonds. The minimum Gasteiger partial charge on any atom is -0.285 e. The van der Waals surface area contributed by atoms with Crippen LogP contribution in [0.3, 0.4) is 0 Å². The van der Waals surface area contributed by atoms with E-state index in [1.165, 1.54) is 0 Å². The first-order valence-electron chi connectivity index (χ1n) is 5.12. The molecule has 0 saturated heterocycles. The van der Waals surface area contributed by atoms with Gasteiger partial charge in [-0.25, -0.2) is 0 Å². The van der Waals surface area contributed by atoms with Gasteiger partial charge in [-0.1, -0.05) is 43.3 Å². The van der Waals surface area contributed by atoms with Crippen LogP contribution in [0.15, 0.2) is 30.3 Å². The van der Waals surface area contributed by atoms with Gasteiger partial charge < -0.3 is 0 Å². The third-order valence-corrected chi connectivity index (χ3v) is 5.13. The normalized spacial score (nSPS) is 28.8. The minimum atomic E-state index is -4.14. The van der Waals surface area contributed by atoms with Gasteiger partial charge in [0.1, 0.15) is 4.75 Å². The fraction of sp³-hybridized carbons (Fsp3) is 0.333. The van der Waals surface area contributed by atoms with E-state index in [2.05, 4.69) is 0 Å². The van der Waals surface area contributed by atoms with E-state index in [0.29, 0.717) is 5.56 Å². The summed E-state index contributed by atoms with van der Waals surface area (Å²) >= 11 is 0. The lowest BCUT2D eigenvalue weighted by Gasteiger charge is -2.35. The molecule has 0 aromatic heterocycles. The Hall–Kier alpha value is -1.13. The fourth-order valence-corrected chi connectivity index (χ4v) is 3.16. The topological polar surface area (TPSA) is 54.4 Å². The minimum absolute atomic E-state index is 0.252. The van der Waals surface area contributed by atoms with E-state index in [4.69, 9.17) is 0 Å². The van der Waals surface area contributed by atoms with E-state index in [1.807, 2.05) is 24.3 Å². The number of hydrogen-bond donors (Lipinski definition) is 1. The van der Waals surface area contributed by atoms with Gasteiger partial charge in [-0.2, -0.15) is 8.42 Å². The maximum Gasteiger partial charge on any atom is 0.275 e. The number of hydrogen-bond acceptors (Lipinski definition) is 2. The van der Waals surface area contributed by atoms with Crippen molar-refractivity contribution in [1.29, 1.82) is 0 Å². The van der Waals surface area contributed by atoms with E-state index in [1.54, 1.807) is 26.0 Å². The Labute approximate surface area is 95.6 Å². The second-order valence-corrected chi connectivity index (χ2v) is 6.12. The van der Waals surface area contributed by atoms with Crippen molar-refractivity contribution in [2.75, 3.05) is 0 Å². The average molecular weight is 238 g/mol. The summed E-state index contributed by atoms with van der Waals surface area (Å²) in [7, 11) is -4.14. The Bertz CT molecular complexity index is 545. The van der Waals surface area contributed by atoms with Gasteiger partial charge in [0.2, 0.25) is 0 Å². The maximum atomic E-state index is 11.6. The molecule has 4 heteroatoms. The zero-order valence-electron chi connectivity index (χ0n) is 9.21. The smallest absolute Gasteiger partial charge is 0.275 e. The van der Waals surface area contributed by atoms with Crippen molar-refractivity contribution in [2.24, 2.45) is 5.92 Å². The van der Waals surface area contributed by atoms with Gasteiger partial charge in [-0.15, -0.1) is 0 Å². The van der Waals surface area contributed by atoms with Crippen LogP contribution in [-0.4, -0.2) is 13.0 Å². The summed E-state index contributed by atoms with van der Waals surface area (Å²) in [6.07, 6.45) is 3.71. The van der Waals surface area contributed by atoms with Crippen LogP contribution in [0, 0.1) is 5.92 Å². The molecule has 0 aliphatic heterocycles. The van der Waals surface area contributed by atoms with Crippen LogP contribution < -0.4 is 0 Å². The lowest BCUT2D eigenvalue weighted by atomic mass is 9.81. The van der Waals surface area contributed by atoms with Crippen molar-refractivity contribution in [1.82, 2.24) is 0 Å². The molecule has 2 unspecified atom stereocenters. The molecule has 3 nitrogen and oxygen atoms in total. The number of benzene rings is 1. The third kappa shape index (κ3) is 1.41. The molecule has 2 atom stereocenters. The van der Waals surface area contributed by atoms with Crippen LogP contribution in [-0.2, 0) is 14.9 Å². The molecule has 0 saturated carbocycles. The lowest BCUT2D eigenvalue weighted by Crippen LogP contribution is -2.39. The van der Waals surface area contributed by atoms with Crippen LogP contribution >= 0.6 is 0 Å². The predicted molar refractivity (Wildman–Crippen MR) is 63.5 cm³/mol. The molecule has 0 bridgehead atoms. The zero-order valence-corrected chi connectivity index (χ0v) is 10.0. The second kappa shape index (κ2) is 3.43. The molecule has 0 spiro atoms. The summed E-state index contributed by atoms with van der Waals surface area (Å²) in [5.74, 6) is -0.252. The van der Waals surface area contributed by atoms with Gasteiger partial charge in [0.05, 0.1) is 0 Å². The molecule has 86 valence electrons. The molecular formula is C12H14O3S. The zero-order chi connectivity index (χ0) is 12.0. The van der Waals surface area contributed by atoms with Gasteiger partial charge in [0.25, 0.3) is 10.1 Å². The van der Waals surface area contributed by atoms with Gasteiger partial charge >= 0.3 is 0 Å². The third-order valence-electron chi connectivity index (χ3n) is 3.46. The van der Waals surface area contributed by atoms with Gasteiger partial charge in [0, 0.05) is 5.92 Å². The highest BCUT2D eigenvalue weighted by molar-refractivity contribution is 7.86. The largest absolute Gasteiger partial charge is 0.285 e. The van der Waals surface area contributed by atoms with Crippen molar-refractivity contribution in [3.05, 3.63) is 41.5 Å². The summed E-state index contributed by atoms with van der Waals surface area (Å²) in [5, 5.41) is 0. The molecule has 16 heavy (non-hydrogen) atoms. The number of fused-ring (bicyclic) bond motifs is 1. The highest BCUT2D eigenvalue weighted by Gasteiger charge is 2.46. The van der Waals surface area contributed by atoms with Crippen LogP contribution in [0.25, 0.3) is 6.08 Å². The van der Waals surface area contributed by atoms with Crippen LogP contribution in [0.5, 0.6) is 0 Å². The van der Waals surface area contributed by atoms with E-state index >= 15 is 0 Å². The number of allylic oxidation sites excluding steroid dienone is 1. The SMILES string of the molecule is CC1C=Cc2ccccc2C1(C)S(=O)(=O)O. The Kier molecular flexibility index (Phi) is 2.44. The highest BCUT2D eigenvalue weighted by atomic mass is 32.2. The molecule has 1 aliphatic carbocycles. The van der Waals surface area contributed by atoms with Gasteiger partial charge in [-0.3, -0.25) is 4.55 Å². The first kappa shape index (κ1) is 11.4. The van der Waals surface area contributed by atoms with E-state index in [-0.39, 0.29) is 5.92 Å². The summed E-state index contributed by atoms with van der Waals surface area (Å²) in [6.45, 7) is 3.36. The summed E-state index contributed by atoms with van der Waals surface area (Å²) in [4.78, 5) is 0. The van der Waals surface area contributed by atoms with Crippen molar-refractivity contribution >= 4 is 16.2 Å². The quantitative estimate of drug-likeness (QED) is 0.765. The molecule has 1 aliphatic rings. The van der Waals surface area contributed by atoms with Crippen molar-refractivity contribution < 1.29 is 13.0 Å². The van der Waals surface area contributed by atoms with Crippen molar-refractivity contribution in [3.63, 3.8) is 0 Å². The molecule has 1 aromatic carbocycles. The molecule has 0 radical (unpaired) electrons. The predicted octanol–water partition coefficient (Wildman–Crippen LogP) is 2.45. The Balaban J connectivity index is 2.76. The summed E-state index contributed by atoms with van der Waals surface area (Å²) in [6, 6.07) is 7.24. The Morgan fingerprint density at radius 3 is 2.56 bits per heavy atom. The average Bonchev–Trinajstić information content (AvgIpc) is 2.22. The summed E-state index contributed by atoms with van der Waals surface area (Å²) in [5.41, 5.74) is 1.51. The van der Waals surface area contributed by atoms with E-state index in [0.717, 1.165) is 5.56 Å². The maximum absolute atomic E-state index is 11.6. The van der Waals surface area contributed by atoms with Crippen molar-refractivity contribution in [3.8, 4) is 0 Å². The van der Waals surface area contributed by atoms with Crippen molar-refractivity contribution in [2.45, 2.75) is 18.6 Å². The fourth-order valence-electron chi connectivity index (χ4n) is 2.15. The van der Waals surface area contributed by atoms with Gasteiger partial charge in [0.15, 0.2) is 0 Å². The Morgan fingerprint density at radius 2 is 1.94 bits per heavy atom. The standard InChI is InChI=1S/C12H14O3S/c1-9-7-8-10-5-3-4-6-11(10)12(9,2)16(13,14)15/h3-9H,1-2H3,(H,13,14,15). The van der Waals surface area contributed by atoms with Crippen LogP contribution in [0.1, 0.15) is 25.0 Å². The first-order valence-corrected chi connectivity index (χ1v) is 6.56. The number of rotatable bonds is 1. The van der Waals surface area contributed by atoms with Gasteiger partial charge in [-0.05, 0) is 18.1 Å². The van der Waals surface area contributed by atoms with E-state index in [9.17, 15) is 13.0 Å². The highest BCUT2D eigenvalue weighted by Crippen LogP contribution is 2.42. The monoisotopic (exact) mass is 238 g/mol.